The zero-order valence-corrected chi connectivity index (χ0v) is 13.5. The largest absolute Gasteiger partial charge is 0.300 e. The number of rotatable bonds is 3. The van der Waals surface area contributed by atoms with Crippen LogP contribution < -0.4 is 5.32 Å². The highest BCUT2D eigenvalue weighted by atomic mass is 32.2. The van der Waals surface area contributed by atoms with Gasteiger partial charge in [0.2, 0.25) is 6.19 Å². The van der Waals surface area contributed by atoms with Crippen molar-refractivity contribution < 1.29 is 4.79 Å². The van der Waals surface area contributed by atoms with Crippen LogP contribution >= 0.6 is 11.8 Å². The Morgan fingerprint density at radius 3 is 2.25 bits per heavy atom. The number of nitrogens with one attached hydrogen (secondary N) is 1. The first-order valence-electron chi connectivity index (χ1n) is 7.25. The maximum atomic E-state index is 11.8. The third kappa shape index (κ3) is 4.00. The summed E-state index contributed by atoms with van der Waals surface area (Å²) < 4.78 is 0. The highest BCUT2D eigenvalue weighted by Crippen LogP contribution is 2.26. The Kier molecular flexibility index (Phi) is 4.90. The summed E-state index contributed by atoms with van der Waals surface area (Å²) in [6.07, 6.45) is 7.55. The summed E-state index contributed by atoms with van der Waals surface area (Å²) in [6.45, 7) is 0. The van der Waals surface area contributed by atoms with E-state index in [0.29, 0.717) is 10.1 Å². The van der Waals surface area contributed by atoms with E-state index >= 15 is 0 Å². The first kappa shape index (κ1) is 15.8. The Labute approximate surface area is 144 Å². The first-order chi connectivity index (χ1) is 11.7. The lowest BCUT2D eigenvalue weighted by Gasteiger charge is -1.98. The highest BCUT2D eigenvalue weighted by molar-refractivity contribution is 8.18. The molecular weight excluding hydrogens is 318 g/mol. The second-order valence-corrected chi connectivity index (χ2v) is 6.02. The van der Waals surface area contributed by atoms with Crippen molar-refractivity contribution in [3.05, 3.63) is 76.2 Å². The fraction of sp³-hybridized carbons (Fsp3) is 0. The zero-order chi connectivity index (χ0) is 16.8. The molecule has 0 aliphatic carbocycles. The Morgan fingerprint density at radius 1 is 0.958 bits per heavy atom. The number of thioether (sulfide) groups is 1. The van der Waals surface area contributed by atoms with Crippen LogP contribution in [0, 0.1) is 11.5 Å². The van der Waals surface area contributed by atoms with Gasteiger partial charge in [-0.3, -0.25) is 10.1 Å². The number of amidine groups is 1. The molecule has 24 heavy (non-hydrogen) atoms. The molecule has 2 aromatic carbocycles. The fourth-order valence-electron chi connectivity index (χ4n) is 2.14. The van der Waals surface area contributed by atoms with Crippen LogP contribution in [0.5, 0.6) is 0 Å². The van der Waals surface area contributed by atoms with Gasteiger partial charge in [0, 0.05) is 0 Å². The third-order valence-electron chi connectivity index (χ3n) is 3.30. The van der Waals surface area contributed by atoms with Gasteiger partial charge in [-0.1, -0.05) is 66.7 Å². The summed E-state index contributed by atoms with van der Waals surface area (Å²) >= 11 is 1.16. The predicted octanol–water partition coefficient (Wildman–Crippen LogP) is 3.90. The summed E-state index contributed by atoms with van der Waals surface area (Å²) in [5.41, 5.74) is 3.14. The van der Waals surface area contributed by atoms with Gasteiger partial charge in [0.15, 0.2) is 5.17 Å². The van der Waals surface area contributed by atoms with E-state index in [-0.39, 0.29) is 5.91 Å². The number of benzene rings is 2. The van der Waals surface area contributed by atoms with Gasteiger partial charge in [0.25, 0.3) is 5.91 Å². The highest BCUT2D eigenvalue weighted by Gasteiger charge is 2.23. The molecule has 1 heterocycles. The van der Waals surface area contributed by atoms with E-state index in [9.17, 15) is 4.79 Å². The van der Waals surface area contributed by atoms with Gasteiger partial charge >= 0.3 is 0 Å². The maximum absolute atomic E-state index is 11.8. The minimum Gasteiger partial charge on any atom is -0.300 e. The van der Waals surface area contributed by atoms with Crippen LogP contribution in [0.15, 0.2) is 64.5 Å². The van der Waals surface area contributed by atoms with E-state index in [1.807, 2.05) is 60.7 Å². The molecule has 1 aliphatic rings. The molecule has 2 aromatic rings. The molecule has 1 fully saturated rings. The van der Waals surface area contributed by atoms with Crippen LogP contribution in [0.4, 0.5) is 0 Å². The van der Waals surface area contributed by atoms with Gasteiger partial charge in [-0.2, -0.15) is 5.26 Å². The van der Waals surface area contributed by atoms with E-state index in [2.05, 4.69) is 16.4 Å². The molecule has 0 aromatic heterocycles. The summed E-state index contributed by atoms with van der Waals surface area (Å²) in [5, 5.41) is 11.4. The van der Waals surface area contributed by atoms with Crippen LogP contribution in [0.2, 0.25) is 0 Å². The summed E-state index contributed by atoms with van der Waals surface area (Å²) in [6, 6.07) is 18.0. The van der Waals surface area contributed by atoms with Crippen LogP contribution in [-0.4, -0.2) is 11.1 Å². The number of nitrogens with zero attached hydrogens (tertiary/aromatic N) is 2. The standard InChI is InChI=1S/C19H13N3OS/c20-13-21-19-22-18(23)17(24-19)12-16-10-8-15(9-11-16)7-6-14-4-2-1-3-5-14/h1-12H,(H,21,22,23)/b7-6+,17-12+. The Balaban J connectivity index is 1.72. The average molecular weight is 331 g/mol. The lowest BCUT2D eigenvalue weighted by molar-refractivity contribution is -0.115. The van der Waals surface area contributed by atoms with Gasteiger partial charge in [-0.25, -0.2) is 0 Å². The molecule has 0 unspecified atom stereocenters. The molecule has 1 saturated heterocycles. The molecule has 0 bridgehead atoms. The Bertz CT molecular complexity index is 875. The monoisotopic (exact) mass is 331 g/mol. The SMILES string of the molecule is N#C/N=C1\NC(=O)/C(=C\c2ccc(/C=C/c3ccccc3)cc2)S1. The predicted molar refractivity (Wildman–Crippen MR) is 98.6 cm³/mol. The van der Waals surface area contributed by atoms with Crippen molar-refractivity contribution >= 4 is 41.1 Å². The number of carbonyl (C=O) groups excluding carboxylic acids is 1. The van der Waals surface area contributed by atoms with Crippen LogP contribution in [-0.2, 0) is 4.79 Å². The molecule has 0 saturated carbocycles. The quantitative estimate of drug-likeness (QED) is 0.527. The molecule has 116 valence electrons. The normalized spacial score (nSPS) is 17.4. The first-order valence-corrected chi connectivity index (χ1v) is 8.07. The van der Waals surface area contributed by atoms with Gasteiger partial charge in [-0.15, -0.1) is 4.99 Å². The topological polar surface area (TPSA) is 65.2 Å². The molecule has 3 rings (SSSR count). The van der Waals surface area contributed by atoms with Crippen molar-refractivity contribution in [1.29, 1.82) is 5.26 Å². The van der Waals surface area contributed by atoms with Crippen molar-refractivity contribution in [2.24, 2.45) is 4.99 Å². The Morgan fingerprint density at radius 2 is 1.58 bits per heavy atom. The van der Waals surface area contributed by atoms with E-state index in [1.54, 1.807) is 12.3 Å². The van der Waals surface area contributed by atoms with Crippen molar-refractivity contribution in [1.82, 2.24) is 5.32 Å². The number of amides is 1. The van der Waals surface area contributed by atoms with Gasteiger partial charge in [0.05, 0.1) is 4.91 Å². The van der Waals surface area contributed by atoms with Crippen LogP contribution in [0.25, 0.3) is 18.2 Å². The molecule has 0 spiro atoms. The van der Waals surface area contributed by atoms with E-state index in [0.717, 1.165) is 28.5 Å². The number of hydrogen-bond acceptors (Lipinski definition) is 4. The minimum absolute atomic E-state index is 0.234. The van der Waals surface area contributed by atoms with Gasteiger partial charge in [0.1, 0.15) is 0 Å². The van der Waals surface area contributed by atoms with Crippen molar-refractivity contribution in [2.75, 3.05) is 0 Å². The molecule has 0 radical (unpaired) electrons. The molecule has 1 aliphatic heterocycles. The summed E-state index contributed by atoms with van der Waals surface area (Å²) in [7, 11) is 0. The lowest BCUT2D eigenvalue weighted by atomic mass is 10.1. The third-order valence-corrected chi connectivity index (χ3v) is 4.21. The lowest BCUT2D eigenvalue weighted by Crippen LogP contribution is -2.19. The van der Waals surface area contributed by atoms with E-state index in [4.69, 9.17) is 5.26 Å². The van der Waals surface area contributed by atoms with Crippen molar-refractivity contribution in [2.45, 2.75) is 0 Å². The number of hydrogen-bond donors (Lipinski definition) is 1. The molecule has 1 N–H and O–H groups in total. The van der Waals surface area contributed by atoms with Gasteiger partial charge < -0.3 is 0 Å². The molecule has 1 amide bonds. The second-order valence-electron chi connectivity index (χ2n) is 4.99. The minimum atomic E-state index is -0.234. The molecule has 5 heteroatoms. The Hall–Kier alpha value is -3.10. The van der Waals surface area contributed by atoms with Crippen molar-refractivity contribution in [3.8, 4) is 6.19 Å². The van der Waals surface area contributed by atoms with Gasteiger partial charge in [-0.05, 0) is 34.5 Å². The molecular formula is C19H13N3OS. The molecule has 4 nitrogen and oxygen atoms in total. The van der Waals surface area contributed by atoms with E-state index in [1.165, 1.54) is 0 Å². The average Bonchev–Trinajstić information content (AvgIpc) is 2.95. The van der Waals surface area contributed by atoms with Crippen LogP contribution in [0.3, 0.4) is 0 Å². The number of nitriles is 1. The smallest absolute Gasteiger partial charge is 0.264 e. The number of carbonyl (C=O) groups is 1. The number of aliphatic imine (C=N–C) groups is 1. The molecule has 0 atom stereocenters. The zero-order valence-electron chi connectivity index (χ0n) is 12.6. The second kappa shape index (κ2) is 7.44. The summed E-state index contributed by atoms with van der Waals surface area (Å²) in [5.74, 6) is -0.234. The maximum Gasteiger partial charge on any atom is 0.264 e. The summed E-state index contributed by atoms with van der Waals surface area (Å²) in [4.78, 5) is 15.8. The van der Waals surface area contributed by atoms with Crippen LogP contribution in [0.1, 0.15) is 16.7 Å². The van der Waals surface area contributed by atoms with Crippen molar-refractivity contribution in [3.63, 3.8) is 0 Å². The fourth-order valence-corrected chi connectivity index (χ4v) is 2.91. The van der Waals surface area contributed by atoms with E-state index < -0.39 is 0 Å².